The number of aliphatic imine (C=N–C) groups is 2. The summed E-state index contributed by atoms with van der Waals surface area (Å²) in [4.78, 5) is 21.1. The molecule has 3 aromatic rings. The minimum absolute atomic E-state index is 0. The van der Waals surface area contributed by atoms with E-state index in [2.05, 4.69) is 42.9 Å². The summed E-state index contributed by atoms with van der Waals surface area (Å²) in [6.07, 6.45) is 1.69. The molecule has 0 amide bonds. The second kappa shape index (κ2) is 12.8. The van der Waals surface area contributed by atoms with Gasteiger partial charge in [-0.15, -0.1) is 0 Å². The zero-order valence-electron chi connectivity index (χ0n) is 18.8. The van der Waals surface area contributed by atoms with Crippen molar-refractivity contribution in [3.05, 3.63) is 102 Å². The number of carbonyl (C=O) groups is 1. The minimum atomic E-state index is -1.35. The standard InChI is InChI=1S/C27H26BrN3O3.Ni/c28-25(27(33)34)30-24(20-12-5-2-6-13-20)21-14-7-8-15-22(21)29-26(32)23-16-9-17-31(23)18-19-10-3-1-4-11-19;/h1-8,10-15,23,25H,9,16-18H2,(H,29,32)(H,33,34);/q;+2/p-2/b30-24+;/t23-,25?;/m0./s1. The van der Waals surface area contributed by atoms with E-state index in [9.17, 15) is 15.0 Å². The number of carboxylic acid groups (broad SMARTS) is 1. The number of para-hydroxylation sites is 1. The number of carbonyl (C=O) groups excluding carboxylic acids is 1. The van der Waals surface area contributed by atoms with Crippen molar-refractivity contribution in [3.8, 4) is 0 Å². The van der Waals surface area contributed by atoms with Gasteiger partial charge in [0.05, 0.1) is 17.4 Å². The quantitative estimate of drug-likeness (QED) is 0.135. The van der Waals surface area contributed by atoms with Crippen molar-refractivity contribution in [2.24, 2.45) is 9.98 Å². The van der Waals surface area contributed by atoms with Crippen LogP contribution in [0.4, 0.5) is 5.69 Å². The van der Waals surface area contributed by atoms with E-state index in [4.69, 9.17) is 0 Å². The molecule has 8 heteroatoms. The Balaban J connectivity index is 0.00000342. The zero-order valence-corrected chi connectivity index (χ0v) is 21.4. The third kappa shape index (κ3) is 6.88. The largest absolute Gasteiger partial charge is 2.00 e. The monoisotopic (exact) mass is 575 g/mol. The van der Waals surface area contributed by atoms with Gasteiger partial charge < -0.3 is 15.0 Å². The molecule has 1 aliphatic heterocycles. The third-order valence-electron chi connectivity index (χ3n) is 5.75. The van der Waals surface area contributed by atoms with Crippen molar-refractivity contribution in [1.82, 2.24) is 4.90 Å². The predicted molar refractivity (Wildman–Crippen MR) is 133 cm³/mol. The first kappa shape index (κ1) is 26.8. The molecule has 0 radical (unpaired) electrons. The SMILES string of the molecule is O=C([O-])C(Br)/N=C(\c1ccccc1)c1ccccc1N=C([O-])[C@@H]1CCCN1Cc1ccccc1.[Ni+2]. The molecule has 0 aromatic heterocycles. The van der Waals surface area contributed by atoms with Gasteiger partial charge in [-0.05, 0) is 36.9 Å². The van der Waals surface area contributed by atoms with Crippen LogP contribution in [0.5, 0.6) is 0 Å². The molecule has 3 aromatic carbocycles. The number of nitrogens with zero attached hydrogens (tertiary/aromatic N) is 3. The van der Waals surface area contributed by atoms with Crippen molar-refractivity contribution in [2.75, 3.05) is 6.54 Å². The summed E-state index contributed by atoms with van der Waals surface area (Å²) in [5, 5.41) is 24.7. The van der Waals surface area contributed by atoms with E-state index < -0.39 is 10.9 Å². The van der Waals surface area contributed by atoms with E-state index in [0.717, 1.165) is 30.5 Å². The molecule has 182 valence electrons. The zero-order chi connectivity index (χ0) is 23.9. The Morgan fingerprint density at radius 2 is 1.60 bits per heavy atom. The van der Waals surface area contributed by atoms with Crippen molar-refractivity contribution in [3.63, 3.8) is 0 Å². The molecule has 35 heavy (non-hydrogen) atoms. The fourth-order valence-corrected chi connectivity index (χ4v) is 4.34. The van der Waals surface area contributed by atoms with Crippen molar-refractivity contribution >= 4 is 39.2 Å². The maximum absolute atomic E-state index is 13.3. The molecule has 1 fully saturated rings. The van der Waals surface area contributed by atoms with E-state index in [-0.39, 0.29) is 28.4 Å². The summed E-state index contributed by atoms with van der Waals surface area (Å²) >= 11 is 3.05. The summed E-state index contributed by atoms with van der Waals surface area (Å²) in [7, 11) is 0. The van der Waals surface area contributed by atoms with Gasteiger partial charge in [0, 0.05) is 23.7 Å². The van der Waals surface area contributed by atoms with Crippen molar-refractivity contribution < 1.29 is 31.5 Å². The first-order valence-corrected chi connectivity index (χ1v) is 12.1. The number of rotatable bonds is 8. The number of halogens is 1. The van der Waals surface area contributed by atoms with Crippen LogP contribution in [0.3, 0.4) is 0 Å². The van der Waals surface area contributed by atoms with Gasteiger partial charge in [0.2, 0.25) is 0 Å². The van der Waals surface area contributed by atoms with Gasteiger partial charge in [-0.2, -0.15) is 0 Å². The molecule has 4 rings (SSSR count). The molecule has 0 saturated carbocycles. The predicted octanol–water partition coefficient (Wildman–Crippen LogP) is 3.05. The van der Waals surface area contributed by atoms with Gasteiger partial charge in [0.1, 0.15) is 4.95 Å². The van der Waals surface area contributed by atoms with Gasteiger partial charge in [-0.1, -0.05) is 94.8 Å². The van der Waals surface area contributed by atoms with E-state index >= 15 is 0 Å². The molecule has 1 heterocycles. The number of hydrogen-bond donors (Lipinski definition) is 0. The number of alkyl halides is 1. The minimum Gasteiger partial charge on any atom is -0.861 e. The van der Waals surface area contributed by atoms with Crippen molar-refractivity contribution in [2.45, 2.75) is 30.4 Å². The molecular weight excluding hydrogens is 553 g/mol. The van der Waals surface area contributed by atoms with E-state index in [0.29, 0.717) is 23.5 Å². The Morgan fingerprint density at radius 1 is 0.971 bits per heavy atom. The molecule has 1 saturated heterocycles. The third-order valence-corrected chi connectivity index (χ3v) is 6.33. The fourth-order valence-electron chi connectivity index (χ4n) is 4.14. The molecule has 0 N–H and O–H groups in total. The summed E-state index contributed by atoms with van der Waals surface area (Å²) in [6.45, 7) is 1.54. The van der Waals surface area contributed by atoms with Crippen LogP contribution in [0.15, 0.2) is 94.9 Å². The number of benzene rings is 3. The van der Waals surface area contributed by atoms with Gasteiger partial charge in [-0.25, -0.2) is 0 Å². The second-order valence-electron chi connectivity index (χ2n) is 8.08. The summed E-state index contributed by atoms with van der Waals surface area (Å²) < 4.78 is 0. The molecule has 0 aliphatic carbocycles. The topological polar surface area (TPSA) is 91.1 Å². The molecule has 1 unspecified atom stereocenters. The van der Waals surface area contributed by atoms with Crippen LogP contribution in [0.1, 0.15) is 29.5 Å². The van der Waals surface area contributed by atoms with Crippen LogP contribution < -0.4 is 10.2 Å². The normalized spacial score (nSPS) is 17.6. The van der Waals surface area contributed by atoms with Crippen LogP contribution in [0.25, 0.3) is 0 Å². The molecule has 1 aliphatic rings. The average Bonchev–Trinajstić information content (AvgIpc) is 3.32. The van der Waals surface area contributed by atoms with Gasteiger partial charge >= 0.3 is 16.5 Å². The fraction of sp³-hybridized carbons (Fsp3) is 0.222. The van der Waals surface area contributed by atoms with E-state index in [1.54, 1.807) is 18.2 Å². The smallest absolute Gasteiger partial charge is 0.861 e. The van der Waals surface area contributed by atoms with Gasteiger partial charge in [-0.3, -0.25) is 14.9 Å². The molecule has 2 atom stereocenters. The summed E-state index contributed by atoms with van der Waals surface area (Å²) in [5.74, 6) is -1.55. The Bertz CT molecular complexity index is 1190. The number of likely N-dealkylation sites (tertiary alicyclic amines) is 1. The van der Waals surface area contributed by atoms with Crippen LogP contribution in [0, 0.1) is 0 Å². The van der Waals surface area contributed by atoms with E-state index in [1.807, 2.05) is 54.6 Å². The van der Waals surface area contributed by atoms with Gasteiger partial charge in [0.25, 0.3) is 0 Å². The maximum atomic E-state index is 13.3. The maximum Gasteiger partial charge on any atom is 2.00 e. The van der Waals surface area contributed by atoms with Crippen LogP contribution >= 0.6 is 15.9 Å². The van der Waals surface area contributed by atoms with Crippen molar-refractivity contribution in [1.29, 1.82) is 0 Å². The first-order chi connectivity index (χ1) is 16.5. The van der Waals surface area contributed by atoms with E-state index in [1.165, 1.54) is 0 Å². The molecule has 6 nitrogen and oxygen atoms in total. The molecule has 0 spiro atoms. The second-order valence-corrected chi connectivity index (χ2v) is 8.95. The summed E-state index contributed by atoms with van der Waals surface area (Å²) in [6, 6.07) is 26.2. The molecule has 0 bridgehead atoms. The number of carboxylic acids is 1. The van der Waals surface area contributed by atoms with Crippen LogP contribution in [0.2, 0.25) is 0 Å². The number of hydrogen-bond acceptors (Lipinski definition) is 6. The Kier molecular flexibility index (Phi) is 9.78. The van der Waals surface area contributed by atoms with Crippen LogP contribution in [-0.2, 0) is 27.8 Å². The Labute approximate surface area is 223 Å². The number of aliphatic carboxylic acids is 1. The Hall–Kier alpha value is -2.80. The van der Waals surface area contributed by atoms with Gasteiger partial charge in [0.15, 0.2) is 0 Å². The molecular formula is C27H24BrN3NiO3. The average molecular weight is 577 g/mol. The Morgan fingerprint density at radius 3 is 2.29 bits per heavy atom. The first-order valence-electron chi connectivity index (χ1n) is 11.1. The van der Waals surface area contributed by atoms with Crippen LogP contribution in [-0.4, -0.2) is 40.0 Å². The summed E-state index contributed by atoms with van der Waals surface area (Å²) in [5.41, 5.74) is 3.34.